The van der Waals surface area contributed by atoms with Crippen LogP contribution in [0.4, 0.5) is 0 Å². The predicted molar refractivity (Wildman–Crippen MR) is 66.2 cm³/mol. The van der Waals surface area contributed by atoms with Crippen LogP contribution in [-0.2, 0) is 6.54 Å². The summed E-state index contributed by atoms with van der Waals surface area (Å²) in [6.07, 6.45) is 8.76. The summed E-state index contributed by atoms with van der Waals surface area (Å²) in [4.78, 5) is 0. The van der Waals surface area contributed by atoms with Crippen LogP contribution in [0.2, 0.25) is 0 Å². The highest BCUT2D eigenvalue weighted by Crippen LogP contribution is 2.22. The van der Waals surface area contributed by atoms with E-state index < -0.39 is 0 Å². The summed E-state index contributed by atoms with van der Waals surface area (Å²) >= 11 is 0. The van der Waals surface area contributed by atoms with E-state index in [0.717, 1.165) is 12.5 Å². The number of aryl methyl sites for hydroxylation is 1. The number of hydrogen-bond acceptors (Lipinski definition) is 2. The summed E-state index contributed by atoms with van der Waals surface area (Å²) in [6.45, 7) is 5.42. The molecule has 0 aromatic carbocycles. The molecule has 0 amide bonds. The number of rotatable bonds is 3. The Bertz CT molecular complexity index is 319. The maximum atomic E-state index is 4.05. The fourth-order valence-corrected chi connectivity index (χ4v) is 2.50. The molecule has 1 aliphatic rings. The molecule has 0 aliphatic heterocycles. The van der Waals surface area contributed by atoms with Crippen molar-refractivity contribution in [3.63, 3.8) is 0 Å². The molecular weight excluding hydrogens is 198 g/mol. The van der Waals surface area contributed by atoms with Gasteiger partial charge in [-0.1, -0.05) is 19.8 Å². The van der Waals surface area contributed by atoms with E-state index in [1.54, 1.807) is 0 Å². The third-order valence-corrected chi connectivity index (χ3v) is 3.77. The van der Waals surface area contributed by atoms with Crippen LogP contribution >= 0.6 is 0 Å². The molecule has 90 valence electrons. The molecule has 0 bridgehead atoms. The standard InChI is InChI=1S/C13H23N3/c1-10-4-3-5-13(7-6-10)14-8-12-9-15-16-11(12)2/h9-10,13-14H,3-8H2,1-2H3,(H,15,16). The molecule has 3 nitrogen and oxygen atoms in total. The smallest absolute Gasteiger partial charge is 0.0535 e. The van der Waals surface area contributed by atoms with E-state index in [4.69, 9.17) is 0 Å². The van der Waals surface area contributed by atoms with Crippen LogP contribution in [0.15, 0.2) is 6.20 Å². The van der Waals surface area contributed by atoms with E-state index in [-0.39, 0.29) is 0 Å². The molecule has 0 spiro atoms. The first-order valence-corrected chi connectivity index (χ1v) is 6.48. The van der Waals surface area contributed by atoms with Crippen molar-refractivity contribution in [3.05, 3.63) is 17.5 Å². The molecule has 2 unspecified atom stereocenters. The molecule has 2 rings (SSSR count). The summed E-state index contributed by atoms with van der Waals surface area (Å²) in [6, 6.07) is 0.708. The third kappa shape index (κ3) is 3.08. The molecule has 0 saturated heterocycles. The largest absolute Gasteiger partial charge is 0.310 e. The van der Waals surface area contributed by atoms with Gasteiger partial charge in [-0.3, -0.25) is 5.10 Å². The first-order chi connectivity index (χ1) is 7.75. The van der Waals surface area contributed by atoms with E-state index in [0.29, 0.717) is 6.04 Å². The summed E-state index contributed by atoms with van der Waals surface area (Å²) in [5.74, 6) is 0.919. The van der Waals surface area contributed by atoms with Crippen LogP contribution in [0.25, 0.3) is 0 Å². The van der Waals surface area contributed by atoms with Crippen molar-refractivity contribution in [1.29, 1.82) is 0 Å². The maximum absolute atomic E-state index is 4.05. The first kappa shape index (κ1) is 11.6. The van der Waals surface area contributed by atoms with Crippen LogP contribution in [0.3, 0.4) is 0 Å². The highest BCUT2D eigenvalue weighted by Gasteiger charge is 2.15. The fraction of sp³-hybridized carbons (Fsp3) is 0.769. The SMILES string of the molecule is Cc1[nH]ncc1CNC1CCCC(C)CC1. The zero-order valence-electron chi connectivity index (χ0n) is 10.4. The Morgan fingerprint density at radius 2 is 2.25 bits per heavy atom. The molecule has 1 saturated carbocycles. The highest BCUT2D eigenvalue weighted by molar-refractivity contribution is 5.13. The Morgan fingerprint density at radius 3 is 3.00 bits per heavy atom. The lowest BCUT2D eigenvalue weighted by atomic mass is 10.0. The van der Waals surface area contributed by atoms with Gasteiger partial charge in [0.1, 0.15) is 0 Å². The van der Waals surface area contributed by atoms with Crippen molar-refractivity contribution in [2.24, 2.45) is 5.92 Å². The van der Waals surface area contributed by atoms with Gasteiger partial charge in [0.15, 0.2) is 0 Å². The average Bonchev–Trinajstić information content (AvgIpc) is 2.55. The van der Waals surface area contributed by atoms with Crippen molar-refractivity contribution in [2.75, 3.05) is 0 Å². The lowest BCUT2D eigenvalue weighted by molar-refractivity contribution is 0.447. The van der Waals surface area contributed by atoms with Gasteiger partial charge in [0, 0.05) is 23.8 Å². The molecule has 3 heteroatoms. The molecule has 0 radical (unpaired) electrons. The van der Waals surface area contributed by atoms with Crippen LogP contribution in [-0.4, -0.2) is 16.2 Å². The zero-order valence-corrected chi connectivity index (χ0v) is 10.4. The third-order valence-electron chi connectivity index (χ3n) is 3.77. The molecule has 1 fully saturated rings. The molecule has 16 heavy (non-hydrogen) atoms. The second-order valence-corrected chi connectivity index (χ2v) is 5.21. The second-order valence-electron chi connectivity index (χ2n) is 5.21. The van der Waals surface area contributed by atoms with Gasteiger partial charge in [-0.15, -0.1) is 0 Å². The fourth-order valence-electron chi connectivity index (χ4n) is 2.50. The minimum atomic E-state index is 0.708. The Kier molecular flexibility index (Phi) is 3.99. The van der Waals surface area contributed by atoms with Gasteiger partial charge >= 0.3 is 0 Å². The number of hydrogen-bond donors (Lipinski definition) is 2. The van der Waals surface area contributed by atoms with Crippen LogP contribution < -0.4 is 5.32 Å². The Labute approximate surface area is 98.0 Å². The topological polar surface area (TPSA) is 40.7 Å². The Morgan fingerprint density at radius 1 is 1.38 bits per heavy atom. The quantitative estimate of drug-likeness (QED) is 0.771. The number of nitrogens with one attached hydrogen (secondary N) is 2. The highest BCUT2D eigenvalue weighted by atomic mass is 15.1. The lowest BCUT2D eigenvalue weighted by Gasteiger charge is -2.16. The number of aromatic amines is 1. The Hall–Kier alpha value is -0.830. The monoisotopic (exact) mass is 221 g/mol. The van der Waals surface area contributed by atoms with Gasteiger partial charge in [-0.25, -0.2) is 0 Å². The van der Waals surface area contributed by atoms with Gasteiger partial charge in [-0.2, -0.15) is 5.10 Å². The van der Waals surface area contributed by atoms with E-state index >= 15 is 0 Å². The average molecular weight is 221 g/mol. The van der Waals surface area contributed by atoms with E-state index in [1.165, 1.54) is 43.4 Å². The summed E-state index contributed by atoms with van der Waals surface area (Å²) < 4.78 is 0. The van der Waals surface area contributed by atoms with Crippen molar-refractivity contribution in [2.45, 2.75) is 58.5 Å². The van der Waals surface area contributed by atoms with Crippen LogP contribution in [0.5, 0.6) is 0 Å². The maximum Gasteiger partial charge on any atom is 0.0535 e. The Balaban J connectivity index is 1.79. The normalized spacial score (nSPS) is 26.6. The van der Waals surface area contributed by atoms with Crippen molar-refractivity contribution >= 4 is 0 Å². The van der Waals surface area contributed by atoms with Gasteiger partial charge in [-0.05, 0) is 32.1 Å². The van der Waals surface area contributed by atoms with Gasteiger partial charge < -0.3 is 5.32 Å². The summed E-state index contributed by atoms with van der Waals surface area (Å²) in [7, 11) is 0. The molecule has 2 atom stereocenters. The van der Waals surface area contributed by atoms with Crippen molar-refractivity contribution in [3.8, 4) is 0 Å². The number of H-pyrrole nitrogens is 1. The molecule has 1 aromatic rings. The first-order valence-electron chi connectivity index (χ1n) is 6.48. The molecule has 1 heterocycles. The predicted octanol–water partition coefficient (Wildman–Crippen LogP) is 2.78. The van der Waals surface area contributed by atoms with E-state index in [1.807, 2.05) is 6.20 Å². The number of aromatic nitrogens is 2. The minimum Gasteiger partial charge on any atom is -0.310 e. The van der Waals surface area contributed by atoms with Crippen LogP contribution in [0, 0.1) is 12.8 Å². The molecular formula is C13H23N3. The number of nitrogens with zero attached hydrogens (tertiary/aromatic N) is 1. The van der Waals surface area contributed by atoms with Crippen molar-refractivity contribution < 1.29 is 0 Å². The van der Waals surface area contributed by atoms with Gasteiger partial charge in [0.05, 0.1) is 6.20 Å². The molecule has 2 N–H and O–H groups in total. The summed E-state index contributed by atoms with van der Waals surface area (Å²) in [5, 5.41) is 10.7. The molecule has 1 aromatic heterocycles. The summed E-state index contributed by atoms with van der Waals surface area (Å²) in [5.41, 5.74) is 2.49. The van der Waals surface area contributed by atoms with E-state index in [2.05, 4.69) is 29.4 Å². The molecule has 1 aliphatic carbocycles. The van der Waals surface area contributed by atoms with Crippen LogP contribution in [0.1, 0.15) is 50.3 Å². The van der Waals surface area contributed by atoms with E-state index in [9.17, 15) is 0 Å². The van der Waals surface area contributed by atoms with Gasteiger partial charge in [0.2, 0.25) is 0 Å². The lowest BCUT2D eigenvalue weighted by Crippen LogP contribution is -2.28. The van der Waals surface area contributed by atoms with Crippen molar-refractivity contribution in [1.82, 2.24) is 15.5 Å². The zero-order chi connectivity index (χ0) is 11.4. The van der Waals surface area contributed by atoms with Gasteiger partial charge in [0.25, 0.3) is 0 Å². The second kappa shape index (κ2) is 5.48. The minimum absolute atomic E-state index is 0.708.